The monoisotopic (exact) mass is 858 g/mol. The molecule has 20 heteroatoms. The Morgan fingerprint density at radius 1 is 0.934 bits per heavy atom. The number of fused-ring (bicyclic) bond motifs is 2. The minimum absolute atomic E-state index is 0. The van der Waals surface area contributed by atoms with Crippen LogP contribution in [0.4, 0.5) is 21.6 Å². The lowest BCUT2D eigenvalue weighted by atomic mass is 9.85. The molecule has 0 radical (unpaired) electrons. The van der Waals surface area contributed by atoms with Gasteiger partial charge in [-0.2, -0.15) is 10.2 Å². The van der Waals surface area contributed by atoms with Crippen LogP contribution in [-0.4, -0.2) is 115 Å². The SMILES string of the molecule is Cc1nn(C2CCC(C(=O)NC3CCN(c4ccc5c(c4)C(=O)N(C4CCC(=O)NC4=O)C5=O)CC3)CC2)cc1NC(=O)c1cnn2ccc(N3C[C@H](N)C[C@@H](F)C3)nc12.Cl. The van der Waals surface area contributed by atoms with Crippen molar-refractivity contribution in [3.8, 4) is 0 Å². The Labute approximate surface area is 356 Å². The first-order valence-corrected chi connectivity index (χ1v) is 20.7. The summed E-state index contributed by atoms with van der Waals surface area (Å²) < 4.78 is 17.6. The van der Waals surface area contributed by atoms with Gasteiger partial charge in [0.2, 0.25) is 17.7 Å². The molecule has 7 heterocycles. The standard InChI is InChI=1S/C41H47FN12O6.ClH/c1-22-32(46-38(57)31-18-44-52-15-12-34(47-36(31)52)51-19-24(42)16-25(43)20-51)21-53(49-22)27-4-2-23(3-5-27)37(56)45-26-10-13-50(14-11-26)28-6-7-29-30(17-28)41(60)54(40(29)59)33-8-9-35(55)48-39(33)58;/h6-7,12,15,17-18,21,23-27,33H,2-5,8-11,13-14,16,19-20,43H2,1H3,(H,45,56)(H,46,57)(H,48,55,58);1H/t23?,24-,25-,27?,33?;/m1./s1. The third-order valence-corrected chi connectivity index (χ3v) is 12.6. The largest absolute Gasteiger partial charge is 0.371 e. The van der Waals surface area contributed by atoms with Crippen LogP contribution < -0.4 is 31.5 Å². The summed E-state index contributed by atoms with van der Waals surface area (Å²) in [5.41, 5.74) is 9.17. The number of nitrogens with zero attached hydrogens (tertiary/aromatic N) is 8. The summed E-state index contributed by atoms with van der Waals surface area (Å²) in [5.74, 6) is -2.06. The fraction of sp³-hybridized carbons (Fsp3) is 0.488. The van der Waals surface area contributed by atoms with E-state index in [1.165, 1.54) is 10.7 Å². The number of nitrogens with one attached hydrogen (secondary N) is 3. The molecule has 61 heavy (non-hydrogen) atoms. The van der Waals surface area contributed by atoms with Crippen molar-refractivity contribution in [2.75, 3.05) is 41.3 Å². The molecule has 4 fully saturated rings. The molecule has 3 atom stereocenters. The number of halogens is 2. The number of aryl methyl sites for hydroxylation is 1. The molecule has 1 aromatic carbocycles. The fourth-order valence-electron chi connectivity index (χ4n) is 9.30. The molecule has 5 N–H and O–H groups in total. The number of amides is 6. The maximum absolute atomic E-state index is 14.3. The number of carbonyl (C=O) groups is 6. The Hall–Kier alpha value is -5.95. The molecule has 3 saturated heterocycles. The number of hydrogen-bond donors (Lipinski definition) is 4. The third kappa shape index (κ3) is 8.15. The van der Waals surface area contributed by atoms with Crippen LogP contribution in [0.25, 0.3) is 5.65 Å². The summed E-state index contributed by atoms with van der Waals surface area (Å²) >= 11 is 0. The molecule has 4 aromatic rings. The lowest BCUT2D eigenvalue weighted by Crippen LogP contribution is -2.54. The highest BCUT2D eigenvalue weighted by Crippen LogP contribution is 2.35. The summed E-state index contributed by atoms with van der Waals surface area (Å²) in [6.45, 7) is 3.78. The van der Waals surface area contributed by atoms with E-state index in [-0.39, 0.29) is 84.3 Å². The summed E-state index contributed by atoms with van der Waals surface area (Å²) in [4.78, 5) is 87.0. The van der Waals surface area contributed by atoms with Crippen molar-refractivity contribution < 1.29 is 33.2 Å². The summed E-state index contributed by atoms with van der Waals surface area (Å²) in [7, 11) is 0. The normalized spacial score (nSPS) is 24.7. The molecule has 0 bridgehead atoms. The lowest BCUT2D eigenvalue weighted by molar-refractivity contribution is -0.136. The van der Waals surface area contributed by atoms with Gasteiger partial charge < -0.3 is 26.2 Å². The van der Waals surface area contributed by atoms with Gasteiger partial charge >= 0.3 is 0 Å². The Bertz CT molecular complexity index is 2400. The Balaban J connectivity index is 0.00000514. The van der Waals surface area contributed by atoms with Gasteiger partial charge in [0.1, 0.15) is 23.6 Å². The van der Waals surface area contributed by atoms with Crippen molar-refractivity contribution in [2.24, 2.45) is 11.7 Å². The Morgan fingerprint density at radius 2 is 1.69 bits per heavy atom. The number of anilines is 3. The number of alkyl halides is 1. The summed E-state index contributed by atoms with van der Waals surface area (Å²) in [6.07, 6.45) is 8.75. The van der Waals surface area contributed by atoms with Gasteiger partial charge in [-0.05, 0) is 82.6 Å². The van der Waals surface area contributed by atoms with Gasteiger partial charge in [-0.25, -0.2) is 13.9 Å². The van der Waals surface area contributed by atoms with E-state index in [4.69, 9.17) is 10.8 Å². The highest BCUT2D eigenvalue weighted by molar-refractivity contribution is 6.23. The maximum atomic E-state index is 14.3. The van der Waals surface area contributed by atoms with Gasteiger partial charge in [-0.15, -0.1) is 12.4 Å². The summed E-state index contributed by atoms with van der Waals surface area (Å²) in [5, 5.41) is 17.5. The van der Waals surface area contributed by atoms with Crippen LogP contribution in [0, 0.1) is 12.8 Å². The molecule has 1 unspecified atom stereocenters. The first-order valence-electron chi connectivity index (χ1n) is 20.7. The second kappa shape index (κ2) is 16.8. The number of carbonyl (C=O) groups excluding carboxylic acids is 6. The van der Waals surface area contributed by atoms with Crippen molar-refractivity contribution in [3.63, 3.8) is 0 Å². The van der Waals surface area contributed by atoms with Crippen molar-refractivity contribution in [1.29, 1.82) is 0 Å². The highest BCUT2D eigenvalue weighted by Gasteiger charge is 2.45. The van der Waals surface area contributed by atoms with Crippen LogP contribution in [0.1, 0.15) is 101 Å². The van der Waals surface area contributed by atoms with E-state index in [0.29, 0.717) is 74.6 Å². The maximum Gasteiger partial charge on any atom is 0.262 e. The second-order valence-electron chi connectivity index (χ2n) is 16.6. The van der Waals surface area contributed by atoms with Gasteiger partial charge in [-0.1, -0.05) is 0 Å². The molecule has 3 aromatic heterocycles. The molecule has 5 aliphatic rings. The average Bonchev–Trinajstić information content (AvgIpc) is 3.90. The quantitative estimate of drug-likeness (QED) is 0.188. The minimum atomic E-state index is -1.05. The number of piperidine rings is 3. The number of aromatic nitrogens is 5. The lowest BCUT2D eigenvalue weighted by Gasteiger charge is -2.35. The van der Waals surface area contributed by atoms with E-state index in [2.05, 4.69) is 30.9 Å². The molecule has 1 saturated carbocycles. The van der Waals surface area contributed by atoms with E-state index >= 15 is 0 Å². The molecule has 0 spiro atoms. The zero-order valence-electron chi connectivity index (χ0n) is 33.6. The fourth-order valence-corrected chi connectivity index (χ4v) is 9.30. The van der Waals surface area contributed by atoms with Crippen molar-refractivity contribution in [1.82, 2.24) is 39.9 Å². The van der Waals surface area contributed by atoms with E-state index in [9.17, 15) is 33.2 Å². The van der Waals surface area contributed by atoms with Crippen LogP contribution in [0.5, 0.6) is 0 Å². The molecule has 9 rings (SSSR count). The Morgan fingerprint density at radius 3 is 2.43 bits per heavy atom. The third-order valence-electron chi connectivity index (χ3n) is 12.6. The van der Waals surface area contributed by atoms with Gasteiger partial charge in [0.25, 0.3) is 17.7 Å². The Kier molecular flexibility index (Phi) is 11.5. The van der Waals surface area contributed by atoms with E-state index in [1.807, 2.05) is 17.8 Å². The van der Waals surface area contributed by atoms with Crippen molar-refractivity contribution in [2.45, 2.75) is 95.1 Å². The molecular weight excluding hydrogens is 811 g/mol. The topological polar surface area (TPSA) is 222 Å². The number of benzene rings is 1. The van der Waals surface area contributed by atoms with E-state index in [1.54, 1.807) is 35.4 Å². The molecule has 6 amide bonds. The van der Waals surface area contributed by atoms with Gasteiger partial charge in [0.15, 0.2) is 5.65 Å². The van der Waals surface area contributed by atoms with Crippen molar-refractivity contribution in [3.05, 3.63) is 65.2 Å². The molecule has 4 aliphatic heterocycles. The van der Waals surface area contributed by atoms with Crippen LogP contribution in [0.2, 0.25) is 0 Å². The first kappa shape index (κ1) is 41.8. The van der Waals surface area contributed by atoms with E-state index in [0.717, 1.165) is 23.4 Å². The smallest absolute Gasteiger partial charge is 0.262 e. The highest BCUT2D eigenvalue weighted by atomic mass is 35.5. The van der Waals surface area contributed by atoms with Crippen molar-refractivity contribution >= 4 is 70.7 Å². The predicted octanol–water partition coefficient (Wildman–Crippen LogP) is 2.70. The zero-order valence-corrected chi connectivity index (χ0v) is 34.4. The van der Waals surface area contributed by atoms with Crippen LogP contribution in [-0.2, 0) is 14.4 Å². The van der Waals surface area contributed by atoms with Crippen LogP contribution in [0.15, 0.2) is 42.9 Å². The second-order valence-corrected chi connectivity index (χ2v) is 16.6. The minimum Gasteiger partial charge on any atom is -0.371 e. The average molecular weight is 859 g/mol. The molecule has 18 nitrogen and oxygen atoms in total. The van der Waals surface area contributed by atoms with Gasteiger partial charge in [0.05, 0.1) is 41.3 Å². The number of hydrogen-bond acceptors (Lipinski definition) is 12. The summed E-state index contributed by atoms with van der Waals surface area (Å²) in [6, 6.07) is 5.62. The molecule has 322 valence electrons. The predicted molar refractivity (Wildman–Crippen MR) is 222 cm³/mol. The zero-order chi connectivity index (χ0) is 41.8. The number of imide groups is 2. The number of nitrogens with two attached hydrogens (primary N) is 1. The van der Waals surface area contributed by atoms with E-state index < -0.39 is 35.8 Å². The van der Waals surface area contributed by atoms with Gasteiger partial charge in [-0.3, -0.25) is 43.7 Å². The molecular formula is C41H48ClFN12O6. The molecule has 1 aliphatic carbocycles. The van der Waals surface area contributed by atoms with Crippen LogP contribution in [0.3, 0.4) is 0 Å². The number of rotatable bonds is 8. The van der Waals surface area contributed by atoms with Gasteiger partial charge in [0, 0.05) is 62.1 Å². The first-order chi connectivity index (χ1) is 28.9. The van der Waals surface area contributed by atoms with Crippen LogP contribution >= 0.6 is 12.4 Å².